The van der Waals surface area contributed by atoms with Crippen molar-refractivity contribution < 1.29 is 9.72 Å². The summed E-state index contributed by atoms with van der Waals surface area (Å²) >= 11 is 6.82. The van der Waals surface area contributed by atoms with E-state index in [2.05, 4.69) is 37.2 Å². The number of carbonyl (C=O) groups is 1. The number of nitro groups is 1. The van der Waals surface area contributed by atoms with Gasteiger partial charge in [-0.3, -0.25) is 14.9 Å². The summed E-state index contributed by atoms with van der Waals surface area (Å²) in [5, 5.41) is 14.9. The molecule has 0 aliphatic heterocycles. The molecule has 1 aromatic rings. The van der Waals surface area contributed by atoms with E-state index in [1.54, 1.807) is 6.92 Å². The smallest absolute Gasteiger partial charge is 0.269 e. The molecule has 0 heterocycles. The number of nitrogens with zero attached hydrogens (tertiary/aromatic N) is 1. The third-order valence-electron chi connectivity index (χ3n) is 3.23. The third-order valence-corrected chi connectivity index (χ3v) is 5.38. The van der Waals surface area contributed by atoms with Crippen LogP contribution in [0.5, 0.6) is 0 Å². The maximum atomic E-state index is 12.3. The molecular formula is C13H16Br2N2O3. The first kappa shape index (κ1) is 17.1. The van der Waals surface area contributed by atoms with Crippen LogP contribution in [0, 0.1) is 17.0 Å². The molecule has 0 atom stereocenters. The molecule has 0 aliphatic carbocycles. The Bertz CT molecular complexity index is 508. The van der Waals surface area contributed by atoms with Gasteiger partial charge in [0.2, 0.25) is 0 Å². The summed E-state index contributed by atoms with van der Waals surface area (Å²) in [5.41, 5.74) is 0.661. The first-order chi connectivity index (χ1) is 9.39. The van der Waals surface area contributed by atoms with Crippen molar-refractivity contribution in [2.24, 2.45) is 0 Å². The molecule has 5 nitrogen and oxygen atoms in total. The molecular weight excluding hydrogens is 392 g/mol. The van der Waals surface area contributed by atoms with Crippen LogP contribution in [0.2, 0.25) is 0 Å². The molecule has 0 spiro atoms. The molecule has 1 aromatic carbocycles. The fraction of sp³-hybridized carbons (Fsp3) is 0.462. The molecule has 0 saturated carbocycles. The van der Waals surface area contributed by atoms with Crippen molar-refractivity contribution in [2.45, 2.75) is 25.8 Å². The molecule has 1 amide bonds. The number of hydrogen-bond acceptors (Lipinski definition) is 3. The van der Waals surface area contributed by atoms with E-state index in [1.807, 2.05) is 6.92 Å². The molecule has 1 rings (SSSR count). The van der Waals surface area contributed by atoms with Crippen LogP contribution < -0.4 is 5.32 Å². The molecule has 0 saturated heterocycles. The van der Waals surface area contributed by atoms with Crippen LogP contribution in [0.4, 0.5) is 5.69 Å². The summed E-state index contributed by atoms with van der Waals surface area (Å²) in [6.45, 7) is 3.68. The second kappa shape index (κ2) is 7.17. The van der Waals surface area contributed by atoms with Gasteiger partial charge in [0.05, 0.1) is 10.5 Å². The number of carbonyl (C=O) groups excluding carboxylic acids is 1. The van der Waals surface area contributed by atoms with Crippen LogP contribution in [0.3, 0.4) is 0 Å². The van der Waals surface area contributed by atoms with Crippen molar-refractivity contribution >= 4 is 43.5 Å². The van der Waals surface area contributed by atoms with E-state index in [4.69, 9.17) is 0 Å². The van der Waals surface area contributed by atoms with Gasteiger partial charge in [0.25, 0.3) is 11.6 Å². The van der Waals surface area contributed by atoms with Crippen molar-refractivity contribution in [3.63, 3.8) is 0 Å². The van der Waals surface area contributed by atoms with Crippen LogP contribution in [0.15, 0.2) is 18.2 Å². The molecule has 0 radical (unpaired) electrons. The minimum Gasteiger partial charge on any atom is -0.345 e. The lowest BCUT2D eigenvalue weighted by Gasteiger charge is -2.30. The van der Waals surface area contributed by atoms with E-state index in [0.717, 1.165) is 6.42 Å². The zero-order valence-corrected chi connectivity index (χ0v) is 14.5. The summed E-state index contributed by atoms with van der Waals surface area (Å²) in [5.74, 6) is -0.224. The third kappa shape index (κ3) is 3.79. The minimum atomic E-state index is -0.470. The van der Waals surface area contributed by atoms with Gasteiger partial charge in [-0.05, 0) is 25.0 Å². The summed E-state index contributed by atoms with van der Waals surface area (Å²) < 4.78 is 0. The van der Waals surface area contributed by atoms with E-state index in [1.165, 1.54) is 18.2 Å². The van der Waals surface area contributed by atoms with Crippen molar-refractivity contribution in [3.05, 3.63) is 39.4 Å². The highest BCUT2D eigenvalue weighted by atomic mass is 79.9. The monoisotopic (exact) mass is 406 g/mol. The molecule has 110 valence electrons. The van der Waals surface area contributed by atoms with Crippen molar-refractivity contribution in [1.29, 1.82) is 0 Å². The molecule has 0 fully saturated rings. The normalized spacial score (nSPS) is 11.2. The highest BCUT2D eigenvalue weighted by Crippen LogP contribution is 2.21. The zero-order valence-electron chi connectivity index (χ0n) is 11.3. The standard InChI is InChI=1S/C13H16Br2N2O3/c1-3-13(7-14,8-15)16-12(18)11-5-4-10(17(19)20)6-9(11)2/h4-6H,3,7-8H2,1-2H3,(H,16,18). The van der Waals surface area contributed by atoms with Crippen LogP contribution in [0.25, 0.3) is 0 Å². The van der Waals surface area contributed by atoms with Gasteiger partial charge in [0.1, 0.15) is 0 Å². The number of rotatable bonds is 6. The molecule has 0 aromatic heterocycles. The number of non-ortho nitro benzene ring substituents is 1. The second-order valence-corrected chi connectivity index (χ2v) is 5.73. The van der Waals surface area contributed by atoms with E-state index in [9.17, 15) is 14.9 Å². The van der Waals surface area contributed by atoms with Crippen molar-refractivity contribution in [2.75, 3.05) is 10.7 Å². The van der Waals surface area contributed by atoms with Crippen LogP contribution in [-0.4, -0.2) is 27.0 Å². The number of hydrogen-bond donors (Lipinski definition) is 1. The number of halogens is 2. The van der Waals surface area contributed by atoms with Crippen LogP contribution in [-0.2, 0) is 0 Å². The highest BCUT2D eigenvalue weighted by molar-refractivity contribution is 9.09. The van der Waals surface area contributed by atoms with Gasteiger partial charge in [-0.2, -0.15) is 0 Å². The lowest BCUT2D eigenvalue weighted by molar-refractivity contribution is -0.384. The number of alkyl halides is 2. The average molecular weight is 408 g/mol. The van der Waals surface area contributed by atoms with Gasteiger partial charge >= 0.3 is 0 Å². The Balaban J connectivity index is 3.01. The van der Waals surface area contributed by atoms with Gasteiger partial charge in [0.15, 0.2) is 0 Å². The maximum absolute atomic E-state index is 12.3. The molecule has 0 unspecified atom stereocenters. The van der Waals surface area contributed by atoms with Gasteiger partial charge < -0.3 is 5.32 Å². The Morgan fingerprint density at radius 1 is 1.40 bits per heavy atom. The molecule has 0 bridgehead atoms. The van der Waals surface area contributed by atoms with E-state index >= 15 is 0 Å². The van der Waals surface area contributed by atoms with Gasteiger partial charge in [-0.1, -0.05) is 38.8 Å². The number of nitrogens with one attached hydrogen (secondary N) is 1. The zero-order chi connectivity index (χ0) is 15.3. The summed E-state index contributed by atoms with van der Waals surface area (Å²) in [7, 11) is 0. The topological polar surface area (TPSA) is 72.2 Å². The summed E-state index contributed by atoms with van der Waals surface area (Å²) in [4.78, 5) is 22.5. The van der Waals surface area contributed by atoms with E-state index in [-0.39, 0.29) is 17.1 Å². The van der Waals surface area contributed by atoms with Gasteiger partial charge in [0, 0.05) is 28.4 Å². The quantitative estimate of drug-likeness (QED) is 0.445. The number of amides is 1. The largest absolute Gasteiger partial charge is 0.345 e. The predicted octanol–water partition coefficient (Wildman–Crippen LogP) is 3.57. The van der Waals surface area contributed by atoms with Crippen molar-refractivity contribution in [3.8, 4) is 0 Å². The minimum absolute atomic E-state index is 0.0122. The molecule has 0 aliphatic rings. The molecule has 7 heteroatoms. The SMILES string of the molecule is CCC(CBr)(CBr)NC(=O)c1ccc([N+](=O)[O-])cc1C. The molecule has 1 N–H and O–H groups in total. The fourth-order valence-electron chi connectivity index (χ4n) is 1.70. The van der Waals surface area contributed by atoms with Gasteiger partial charge in [-0.25, -0.2) is 0 Å². The Kier molecular flexibility index (Phi) is 6.13. The average Bonchev–Trinajstić information content (AvgIpc) is 2.44. The van der Waals surface area contributed by atoms with Crippen LogP contribution >= 0.6 is 31.9 Å². The lowest BCUT2D eigenvalue weighted by atomic mass is 10.00. The maximum Gasteiger partial charge on any atom is 0.269 e. The summed E-state index contributed by atoms with van der Waals surface area (Å²) in [6.07, 6.45) is 0.765. The Hall–Kier alpha value is -0.950. The van der Waals surface area contributed by atoms with Crippen LogP contribution in [0.1, 0.15) is 29.3 Å². The number of aryl methyl sites for hydroxylation is 1. The Labute approximate surface area is 134 Å². The van der Waals surface area contributed by atoms with E-state index < -0.39 is 4.92 Å². The fourth-order valence-corrected chi connectivity index (χ4v) is 3.71. The first-order valence-corrected chi connectivity index (χ1v) is 8.33. The lowest BCUT2D eigenvalue weighted by Crippen LogP contribution is -2.51. The Morgan fingerprint density at radius 2 is 2.00 bits per heavy atom. The predicted molar refractivity (Wildman–Crippen MR) is 85.9 cm³/mol. The van der Waals surface area contributed by atoms with E-state index in [0.29, 0.717) is 21.8 Å². The highest BCUT2D eigenvalue weighted by Gasteiger charge is 2.28. The number of benzene rings is 1. The van der Waals surface area contributed by atoms with Crippen molar-refractivity contribution in [1.82, 2.24) is 5.32 Å². The summed E-state index contributed by atoms with van der Waals surface area (Å²) in [6, 6.07) is 4.24. The second-order valence-electron chi connectivity index (χ2n) is 4.61. The van der Waals surface area contributed by atoms with Gasteiger partial charge in [-0.15, -0.1) is 0 Å². The Morgan fingerprint density at radius 3 is 2.40 bits per heavy atom. The number of nitro benzene ring substituents is 1. The molecule has 20 heavy (non-hydrogen) atoms. The first-order valence-electron chi connectivity index (χ1n) is 6.08.